The van der Waals surface area contributed by atoms with Crippen LogP contribution in [-0.4, -0.2) is 33.0 Å². The van der Waals surface area contributed by atoms with Crippen molar-refractivity contribution >= 4 is 11.7 Å². The predicted octanol–water partition coefficient (Wildman–Crippen LogP) is 2.95. The molecule has 2 fully saturated rings. The molecule has 2 aliphatic rings. The molecule has 3 atom stereocenters. The number of carbonyl (C=O) groups is 1. The van der Waals surface area contributed by atoms with Crippen LogP contribution in [0.15, 0.2) is 18.2 Å². The topological polar surface area (TPSA) is 83.7 Å². The fraction of sp³-hybridized carbons (Fsp3) is 0.562. The number of halogens is 1. The van der Waals surface area contributed by atoms with Gasteiger partial charge in [0, 0.05) is 24.2 Å². The number of benzene rings is 1. The Kier molecular flexibility index (Phi) is 4.30. The standard InChI is InChI=1S/C16H19FN2O4/c17-13-8-12(19(22)23)6-5-11(13)9-18-14-4-2-1-3-10(14)7-15(18)16(20)21/h5-6,8,10,14-15H,1-4,7,9H2,(H,20,21). The summed E-state index contributed by atoms with van der Waals surface area (Å²) in [7, 11) is 0. The van der Waals surface area contributed by atoms with E-state index in [9.17, 15) is 24.4 Å². The van der Waals surface area contributed by atoms with Gasteiger partial charge in [-0.2, -0.15) is 0 Å². The zero-order valence-electron chi connectivity index (χ0n) is 12.7. The van der Waals surface area contributed by atoms with Crippen LogP contribution in [0, 0.1) is 21.8 Å². The molecule has 0 spiro atoms. The maximum atomic E-state index is 14.1. The molecular weight excluding hydrogens is 303 g/mol. The lowest BCUT2D eigenvalue weighted by Crippen LogP contribution is -2.41. The zero-order chi connectivity index (χ0) is 16.6. The molecule has 1 aliphatic heterocycles. The number of nitro benzene ring substituents is 1. The van der Waals surface area contributed by atoms with Gasteiger partial charge in [-0.25, -0.2) is 4.39 Å². The third kappa shape index (κ3) is 3.06. The fourth-order valence-corrected chi connectivity index (χ4v) is 4.00. The van der Waals surface area contributed by atoms with E-state index in [4.69, 9.17) is 0 Å². The lowest BCUT2D eigenvalue weighted by Gasteiger charge is -2.33. The van der Waals surface area contributed by atoms with Crippen molar-refractivity contribution in [2.45, 2.75) is 50.7 Å². The molecule has 1 aromatic carbocycles. The number of carboxylic acid groups (broad SMARTS) is 1. The van der Waals surface area contributed by atoms with E-state index < -0.39 is 22.8 Å². The Labute approximate surface area is 133 Å². The Hall–Kier alpha value is -2.02. The number of nitrogens with zero attached hydrogens (tertiary/aromatic N) is 2. The van der Waals surface area contributed by atoms with Crippen molar-refractivity contribution in [2.75, 3.05) is 0 Å². The van der Waals surface area contributed by atoms with E-state index in [1.165, 1.54) is 12.1 Å². The Balaban J connectivity index is 1.84. The van der Waals surface area contributed by atoms with Gasteiger partial charge >= 0.3 is 5.97 Å². The number of likely N-dealkylation sites (tertiary alicyclic amines) is 1. The Morgan fingerprint density at radius 3 is 2.78 bits per heavy atom. The SMILES string of the molecule is O=C(O)C1CC2CCCCC2N1Cc1ccc([N+](=O)[O-])cc1F. The van der Waals surface area contributed by atoms with Gasteiger partial charge in [-0.3, -0.25) is 19.8 Å². The summed E-state index contributed by atoms with van der Waals surface area (Å²) in [6, 6.07) is 3.13. The van der Waals surface area contributed by atoms with E-state index in [2.05, 4.69) is 0 Å². The maximum Gasteiger partial charge on any atom is 0.320 e. The van der Waals surface area contributed by atoms with Crippen LogP contribution in [0.4, 0.5) is 10.1 Å². The summed E-state index contributed by atoms with van der Waals surface area (Å²) >= 11 is 0. The normalized spacial score (nSPS) is 27.6. The highest BCUT2D eigenvalue weighted by Gasteiger charge is 2.45. The van der Waals surface area contributed by atoms with Gasteiger partial charge in [-0.15, -0.1) is 0 Å². The monoisotopic (exact) mass is 322 g/mol. The number of nitro groups is 1. The van der Waals surface area contributed by atoms with Gasteiger partial charge in [0.05, 0.1) is 11.0 Å². The Bertz CT molecular complexity index is 637. The quantitative estimate of drug-likeness (QED) is 0.680. The summed E-state index contributed by atoms with van der Waals surface area (Å²) in [5.41, 5.74) is 0.0195. The van der Waals surface area contributed by atoms with Crippen molar-refractivity contribution in [1.82, 2.24) is 4.90 Å². The third-order valence-corrected chi connectivity index (χ3v) is 5.11. The van der Waals surface area contributed by atoms with Crippen LogP contribution in [0.1, 0.15) is 37.7 Å². The fourth-order valence-electron chi connectivity index (χ4n) is 4.00. The average molecular weight is 322 g/mol. The summed E-state index contributed by atoms with van der Waals surface area (Å²) in [4.78, 5) is 23.5. The number of aliphatic carboxylic acids is 1. The minimum atomic E-state index is -0.873. The molecule has 1 saturated heterocycles. The van der Waals surface area contributed by atoms with E-state index in [0.29, 0.717) is 17.9 Å². The highest BCUT2D eigenvalue weighted by molar-refractivity contribution is 5.74. The molecule has 1 saturated carbocycles. The van der Waals surface area contributed by atoms with Crippen LogP contribution in [0.2, 0.25) is 0 Å². The zero-order valence-corrected chi connectivity index (χ0v) is 12.7. The summed E-state index contributed by atoms with van der Waals surface area (Å²) in [6.07, 6.45) is 4.74. The number of carboxylic acids is 1. The van der Waals surface area contributed by atoms with Crippen molar-refractivity contribution in [3.63, 3.8) is 0 Å². The van der Waals surface area contributed by atoms with E-state index in [-0.39, 0.29) is 18.3 Å². The first-order valence-electron chi connectivity index (χ1n) is 7.88. The van der Waals surface area contributed by atoms with E-state index in [1.807, 2.05) is 4.90 Å². The molecule has 1 heterocycles. The molecule has 23 heavy (non-hydrogen) atoms. The van der Waals surface area contributed by atoms with Gasteiger partial charge < -0.3 is 5.11 Å². The van der Waals surface area contributed by atoms with Gasteiger partial charge in [-0.05, 0) is 31.2 Å². The number of fused-ring (bicyclic) bond motifs is 1. The van der Waals surface area contributed by atoms with Crippen molar-refractivity contribution in [3.8, 4) is 0 Å². The van der Waals surface area contributed by atoms with Crippen LogP contribution in [0.5, 0.6) is 0 Å². The predicted molar refractivity (Wildman–Crippen MR) is 80.4 cm³/mol. The molecule has 124 valence electrons. The largest absolute Gasteiger partial charge is 0.480 e. The number of rotatable bonds is 4. The molecule has 1 N–H and O–H groups in total. The molecule has 0 amide bonds. The molecule has 1 aliphatic carbocycles. The van der Waals surface area contributed by atoms with Gasteiger partial charge in [0.2, 0.25) is 0 Å². The van der Waals surface area contributed by atoms with Crippen LogP contribution in [-0.2, 0) is 11.3 Å². The molecule has 3 unspecified atom stereocenters. The second-order valence-corrected chi connectivity index (χ2v) is 6.41. The molecule has 6 nitrogen and oxygen atoms in total. The van der Waals surface area contributed by atoms with Gasteiger partial charge in [0.1, 0.15) is 11.9 Å². The lowest BCUT2D eigenvalue weighted by molar-refractivity contribution is -0.385. The molecular formula is C16H19FN2O4. The highest BCUT2D eigenvalue weighted by atomic mass is 19.1. The highest BCUT2D eigenvalue weighted by Crippen LogP contribution is 2.40. The smallest absolute Gasteiger partial charge is 0.320 e. The molecule has 0 bridgehead atoms. The Morgan fingerprint density at radius 2 is 2.13 bits per heavy atom. The molecule has 0 radical (unpaired) electrons. The van der Waals surface area contributed by atoms with Crippen molar-refractivity contribution in [2.24, 2.45) is 5.92 Å². The van der Waals surface area contributed by atoms with Crippen molar-refractivity contribution in [3.05, 3.63) is 39.7 Å². The Morgan fingerprint density at radius 1 is 1.39 bits per heavy atom. The number of hydrogen-bond donors (Lipinski definition) is 1. The van der Waals surface area contributed by atoms with Gasteiger partial charge in [0.15, 0.2) is 0 Å². The van der Waals surface area contributed by atoms with E-state index >= 15 is 0 Å². The van der Waals surface area contributed by atoms with E-state index in [0.717, 1.165) is 31.7 Å². The van der Waals surface area contributed by atoms with Gasteiger partial charge in [-0.1, -0.05) is 12.8 Å². The number of non-ortho nitro benzene ring substituents is 1. The van der Waals surface area contributed by atoms with Crippen LogP contribution >= 0.6 is 0 Å². The lowest BCUT2D eigenvalue weighted by atomic mass is 9.84. The van der Waals surface area contributed by atoms with E-state index in [1.54, 1.807) is 0 Å². The minimum Gasteiger partial charge on any atom is -0.480 e. The van der Waals surface area contributed by atoms with Gasteiger partial charge in [0.25, 0.3) is 5.69 Å². The first-order valence-corrected chi connectivity index (χ1v) is 7.88. The van der Waals surface area contributed by atoms with Crippen LogP contribution in [0.25, 0.3) is 0 Å². The third-order valence-electron chi connectivity index (χ3n) is 5.11. The van der Waals surface area contributed by atoms with Crippen LogP contribution in [0.3, 0.4) is 0 Å². The summed E-state index contributed by atoms with van der Waals surface area (Å²) in [5.74, 6) is -1.17. The maximum absolute atomic E-state index is 14.1. The summed E-state index contributed by atoms with van der Waals surface area (Å²) in [6.45, 7) is 0.183. The first kappa shape index (κ1) is 15.9. The van der Waals surface area contributed by atoms with Crippen molar-refractivity contribution < 1.29 is 19.2 Å². The van der Waals surface area contributed by atoms with Crippen molar-refractivity contribution in [1.29, 1.82) is 0 Å². The second-order valence-electron chi connectivity index (χ2n) is 6.41. The van der Waals surface area contributed by atoms with Crippen LogP contribution < -0.4 is 0 Å². The first-order chi connectivity index (χ1) is 11.0. The molecule has 7 heteroatoms. The minimum absolute atomic E-state index is 0.166. The molecule has 1 aromatic rings. The molecule has 3 rings (SSSR count). The number of hydrogen-bond acceptors (Lipinski definition) is 4. The summed E-state index contributed by atoms with van der Waals surface area (Å²) < 4.78 is 14.1. The summed E-state index contributed by atoms with van der Waals surface area (Å²) in [5, 5.41) is 20.2. The average Bonchev–Trinajstić information content (AvgIpc) is 2.88. The second kappa shape index (κ2) is 6.23. The molecule has 0 aromatic heterocycles.